The number of aryl methyl sites for hydroxylation is 2. The molecule has 5 nitrogen and oxygen atoms in total. The summed E-state index contributed by atoms with van der Waals surface area (Å²) in [6.07, 6.45) is 0. The number of amides is 1. The summed E-state index contributed by atoms with van der Waals surface area (Å²) in [6.45, 7) is 5.72. The Morgan fingerprint density at radius 3 is 2.29 bits per heavy atom. The SMILES string of the molecule is Cc1nn(C)c(C(=O)N2CCN(Cc3ccc(Cl)cc3)CC2)c1Cl. The van der Waals surface area contributed by atoms with E-state index >= 15 is 0 Å². The van der Waals surface area contributed by atoms with Gasteiger partial charge in [0.15, 0.2) is 0 Å². The van der Waals surface area contributed by atoms with Crippen molar-refractivity contribution in [2.24, 2.45) is 7.05 Å². The molecule has 0 N–H and O–H groups in total. The van der Waals surface area contributed by atoms with Crippen LogP contribution in [0.4, 0.5) is 0 Å². The second kappa shape index (κ2) is 7.13. The summed E-state index contributed by atoms with van der Waals surface area (Å²) in [5.74, 6) is -0.0470. The largest absolute Gasteiger partial charge is 0.335 e. The molecule has 1 fully saturated rings. The summed E-state index contributed by atoms with van der Waals surface area (Å²) in [7, 11) is 1.75. The summed E-state index contributed by atoms with van der Waals surface area (Å²) in [4.78, 5) is 16.9. The van der Waals surface area contributed by atoms with Gasteiger partial charge in [0.2, 0.25) is 0 Å². The van der Waals surface area contributed by atoms with E-state index in [4.69, 9.17) is 23.2 Å². The first-order valence-corrected chi connectivity index (χ1v) is 8.66. The van der Waals surface area contributed by atoms with E-state index in [1.165, 1.54) is 5.56 Å². The van der Waals surface area contributed by atoms with Crippen LogP contribution in [0.5, 0.6) is 0 Å². The highest BCUT2D eigenvalue weighted by atomic mass is 35.5. The first-order chi connectivity index (χ1) is 11.5. The van der Waals surface area contributed by atoms with Crippen LogP contribution in [0, 0.1) is 6.92 Å². The zero-order valence-corrected chi connectivity index (χ0v) is 15.3. The lowest BCUT2D eigenvalue weighted by Crippen LogP contribution is -2.48. The van der Waals surface area contributed by atoms with E-state index in [1.807, 2.05) is 36.1 Å². The molecule has 0 radical (unpaired) electrons. The Kier molecular flexibility index (Phi) is 5.13. The smallest absolute Gasteiger partial charge is 0.273 e. The number of aromatic nitrogens is 2. The highest BCUT2D eigenvalue weighted by molar-refractivity contribution is 6.34. The number of nitrogens with zero attached hydrogens (tertiary/aromatic N) is 4. The van der Waals surface area contributed by atoms with Gasteiger partial charge in [0.1, 0.15) is 5.69 Å². The van der Waals surface area contributed by atoms with E-state index in [0.717, 1.165) is 24.7 Å². The van der Waals surface area contributed by atoms with E-state index in [0.29, 0.717) is 29.5 Å². The van der Waals surface area contributed by atoms with E-state index in [-0.39, 0.29) is 5.91 Å². The minimum absolute atomic E-state index is 0.0470. The Bertz CT molecular complexity index is 734. The second-order valence-corrected chi connectivity index (χ2v) is 6.88. The van der Waals surface area contributed by atoms with Crippen molar-refractivity contribution in [3.63, 3.8) is 0 Å². The quantitative estimate of drug-likeness (QED) is 0.838. The Hall–Kier alpha value is -1.56. The molecule has 0 bridgehead atoms. The van der Waals surface area contributed by atoms with E-state index in [2.05, 4.69) is 10.00 Å². The highest BCUT2D eigenvalue weighted by Gasteiger charge is 2.27. The van der Waals surface area contributed by atoms with Crippen LogP contribution in [0.3, 0.4) is 0 Å². The van der Waals surface area contributed by atoms with Gasteiger partial charge in [-0.25, -0.2) is 0 Å². The number of rotatable bonds is 3. The maximum absolute atomic E-state index is 12.7. The predicted molar refractivity (Wildman–Crippen MR) is 95.6 cm³/mol. The zero-order valence-electron chi connectivity index (χ0n) is 13.8. The molecular weight excluding hydrogens is 347 g/mol. The third-order valence-corrected chi connectivity index (χ3v) is 5.04. The van der Waals surface area contributed by atoms with Crippen LogP contribution < -0.4 is 0 Å². The molecule has 3 rings (SSSR count). The summed E-state index contributed by atoms with van der Waals surface area (Å²) < 4.78 is 1.57. The maximum Gasteiger partial charge on any atom is 0.273 e. The van der Waals surface area contributed by atoms with Crippen molar-refractivity contribution in [3.05, 3.63) is 51.3 Å². The Labute approximate surface area is 151 Å². The van der Waals surface area contributed by atoms with Crippen LogP contribution in [0.25, 0.3) is 0 Å². The van der Waals surface area contributed by atoms with Crippen molar-refractivity contribution in [1.29, 1.82) is 0 Å². The number of carbonyl (C=O) groups is 1. The average molecular weight is 367 g/mol. The molecule has 0 unspecified atom stereocenters. The molecule has 2 heterocycles. The molecule has 128 valence electrons. The summed E-state index contributed by atoms with van der Waals surface area (Å²) in [5.41, 5.74) is 2.38. The van der Waals surface area contributed by atoms with E-state index < -0.39 is 0 Å². The summed E-state index contributed by atoms with van der Waals surface area (Å²) >= 11 is 12.1. The summed E-state index contributed by atoms with van der Waals surface area (Å²) in [6, 6.07) is 7.89. The molecule has 24 heavy (non-hydrogen) atoms. The summed E-state index contributed by atoms with van der Waals surface area (Å²) in [5, 5.41) is 5.42. The molecule has 1 amide bonds. The Balaban J connectivity index is 1.60. The third kappa shape index (κ3) is 3.58. The Morgan fingerprint density at radius 1 is 1.12 bits per heavy atom. The molecule has 1 saturated heterocycles. The lowest BCUT2D eigenvalue weighted by molar-refractivity contribution is 0.0618. The number of piperazine rings is 1. The van der Waals surface area contributed by atoms with Crippen molar-refractivity contribution in [3.8, 4) is 0 Å². The molecule has 0 atom stereocenters. The highest BCUT2D eigenvalue weighted by Crippen LogP contribution is 2.22. The molecule has 1 aliphatic rings. The van der Waals surface area contributed by atoms with Gasteiger partial charge < -0.3 is 4.90 Å². The van der Waals surface area contributed by atoms with Gasteiger partial charge in [-0.2, -0.15) is 5.10 Å². The number of hydrogen-bond acceptors (Lipinski definition) is 3. The van der Waals surface area contributed by atoms with Crippen LogP contribution in [-0.2, 0) is 13.6 Å². The molecule has 0 aliphatic carbocycles. The van der Waals surface area contributed by atoms with Crippen LogP contribution in [-0.4, -0.2) is 51.7 Å². The molecular formula is C17H20Cl2N4O. The monoisotopic (exact) mass is 366 g/mol. The lowest BCUT2D eigenvalue weighted by atomic mass is 10.2. The van der Waals surface area contributed by atoms with Gasteiger partial charge in [-0.15, -0.1) is 0 Å². The molecule has 0 saturated carbocycles. The van der Waals surface area contributed by atoms with Crippen molar-refractivity contribution in [2.75, 3.05) is 26.2 Å². The van der Waals surface area contributed by atoms with E-state index in [1.54, 1.807) is 11.7 Å². The fraction of sp³-hybridized carbons (Fsp3) is 0.412. The molecule has 1 aliphatic heterocycles. The van der Waals surface area contributed by atoms with Crippen molar-refractivity contribution in [1.82, 2.24) is 19.6 Å². The minimum atomic E-state index is -0.0470. The number of carbonyl (C=O) groups excluding carboxylic acids is 1. The van der Waals surface area contributed by atoms with Crippen LogP contribution in [0.2, 0.25) is 10.0 Å². The van der Waals surface area contributed by atoms with Crippen molar-refractivity contribution in [2.45, 2.75) is 13.5 Å². The van der Waals surface area contributed by atoms with Crippen LogP contribution in [0.15, 0.2) is 24.3 Å². The van der Waals surface area contributed by atoms with Crippen molar-refractivity contribution < 1.29 is 4.79 Å². The van der Waals surface area contributed by atoms with Gasteiger partial charge in [-0.1, -0.05) is 35.3 Å². The normalized spacial score (nSPS) is 15.8. The maximum atomic E-state index is 12.7. The lowest BCUT2D eigenvalue weighted by Gasteiger charge is -2.34. The van der Waals surface area contributed by atoms with Crippen LogP contribution in [0.1, 0.15) is 21.7 Å². The second-order valence-electron chi connectivity index (χ2n) is 6.07. The fourth-order valence-electron chi connectivity index (χ4n) is 2.97. The van der Waals surface area contributed by atoms with Gasteiger partial charge >= 0.3 is 0 Å². The first kappa shape index (κ1) is 17.3. The molecule has 1 aromatic heterocycles. The standard InChI is InChI=1S/C17H20Cl2N4O/c1-12-15(19)16(21(2)20-12)17(24)23-9-7-22(8-10-23)11-13-3-5-14(18)6-4-13/h3-6H,7-11H2,1-2H3. The van der Waals surface area contributed by atoms with Gasteiger partial charge in [0.25, 0.3) is 5.91 Å². The molecule has 2 aromatic rings. The van der Waals surface area contributed by atoms with Gasteiger partial charge in [0, 0.05) is 44.8 Å². The predicted octanol–water partition coefficient (Wildman–Crippen LogP) is 2.99. The van der Waals surface area contributed by atoms with Crippen LogP contribution >= 0.6 is 23.2 Å². The first-order valence-electron chi connectivity index (χ1n) is 7.91. The zero-order chi connectivity index (χ0) is 17.3. The number of benzene rings is 1. The van der Waals surface area contributed by atoms with Gasteiger partial charge in [-0.3, -0.25) is 14.4 Å². The van der Waals surface area contributed by atoms with Gasteiger partial charge in [0.05, 0.1) is 10.7 Å². The topological polar surface area (TPSA) is 41.4 Å². The Morgan fingerprint density at radius 2 is 1.75 bits per heavy atom. The fourth-order valence-corrected chi connectivity index (χ4v) is 3.34. The molecule has 1 aromatic carbocycles. The van der Waals surface area contributed by atoms with Crippen molar-refractivity contribution >= 4 is 29.1 Å². The molecule has 0 spiro atoms. The third-order valence-electron chi connectivity index (χ3n) is 4.33. The molecule has 7 heteroatoms. The minimum Gasteiger partial charge on any atom is -0.335 e. The number of hydrogen-bond donors (Lipinski definition) is 0. The van der Waals surface area contributed by atoms with E-state index in [9.17, 15) is 4.79 Å². The average Bonchev–Trinajstić information content (AvgIpc) is 2.82. The number of halogens is 2. The van der Waals surface area contributed by atoms with Gasteiger partial charge in [-0.05, 0) is 24.6 Å².